The molecule has 1 unspecified atom stereocenters. The molecule has 1 atom stereocenters. The standard InChI is InChI=1S/C20H22N4O2S/c1-13-16-18(21-11-15-8-5-9-26-15)23-12-24-20(16)27-17(13)19(25)22-10-14-6-3-2-4-7-14/h2-4,6-7,12,15H,5,8-11H2,1H3,(H,22,25)(H,21,23,24). The van der Waals surface area contributed by atoms with Gasteiger partial charge in [0.15, 0.2) is 0 Å². The van der Waals surface area contributed by atoms with Gasteiger partial charge >= 0.3 is 0 Å². The number of hydrogen-bond acceptors (Lipinski definition) is 6. The molecule has 0 saturated carbocycles. The highest BCUT2D eigenvalue weighted by atomic mass is 32.1. The predicted octanol–water partition coefficient (Wildman–Crippen LogP) is 3.52. The van der Waals surface area contributed by atoms with E-state index < -0.39 is 0 Å². The molecule has 1 aliphatic heterocycles. The maximum atomic E-state index is 12.7. The lowest BCUT2D eigenvalue weighted by Crippen LogP contribution is -2.22. The van der Waals surface area contributed by atoms with Crippen LogP contribution in [-0.2, 0) is 11.3 Å². The number of nitrogens with one attached hydrogen (secondary N) is 2. The van der Waals surface area contributed by atoms with E-state index in [9.17, 15) is 4.79 Å². The molecular formula is C20H22N4O2S. The predicted molar refractivity (Wildman–Crippen MR) is 107 cm³/mol. The van der Waals surface area contributed by atoms with E-state index in [4.69, 9.17) is 4.74 Å². The van der Waals surface area contributed by atoms with Gasteiger partial charge in [0.05, 0.1) is 16.4 Å². The van der Waals surface area contributed by atoms with E-state index >= 15 is 0 Å². The monoisotopic (exact) mass is 382 g/mol. The number of benzene rings is 1. The zero-order valence-corrected chi connectivity index (χ0v) is 16.0. The molecular weight excluding hydrogens is 360 g/mol. The largest absolute Gasteiger partial charge is 0.376 e. The molecule has 2 N–H and O–H groups in total. The number of nitrogens with zero attached hydrogens (tertiary/aromatic N) is 2. The molecule has 1 fully saturated rings. The minimum atomic E-state index is -0.0792. The highest BCUT2D eigenvalue weighted by molar-refractivity contribution is 7.20. The van der Waals surface area contributed by atoms with Crippen molar-refractivity contribution in [3.05, 3.63) is 52.7 Å². The van der Waals surface area contributed by atoms with Crippen molar-refractivity contribution in [2.24, 2.45) is 0 Å². The molecule has 4 rings (SSSR count). The smallest absolute Gasteiger partial charge is 0.261 e. The molecule has 0 aliphatic carbocycles. The second kappa shape index (κ2) is 8.02. The number of thiophene rings is 1. The Morgan fingerprint density at radius 3 is 2.93 bits per heavy atom. The van der Waals surface area contributed by atoms with Crippen LogP contribution in [0.2, 0.25) is 0 Å². The van der Waals surface area contributed by atoms with Crippen molar-refractivity contribution in [2.45, 2.75) is 32.4 Å². The number of anilines is 1. The average molecular weight is 382 g/mol. The van der Waals surface area contributed by atoms with Crippen molar-refractivity contribution < 1.29 is 9.53 Å². The fraction of sp³-hybridized carbons (Fsp3) is 0.350. The number of amides is 1. The van der Waals surface area contributed by atoms with E-state index in [-0.39, 0.29) is 12.0 Å². The maximum absolute atomic E-state index is 12.7. The van der Waals surface area contributed by atoms with Gasteiger partial charge in [0.2, 0.25) is 0 Å². The van der Waals surface area contributed by atoms with Crippen LogP contribution in [-0.4, -0.2) is 35.1 Å². The number of carbonyl (C=O) groups excluding carboxylic acids is 1. The summed E-state index contributed by atoms with van der Waals surface area (Å²) in [6.07, 6.45) is 3.94. The topological polar surface area (TPSA) is 76.1 Å². The number of hydrogen-bond donors (Lipinski definition) is 2. The fourth-order valence-corrected chi connectivity index (χ4v) is 4.36. The quantitative estimate of drug-likeness (QED) is 0.682. The normalized spacial score (nSPS) is 16.6. The number of aromatic nitrogens is 2. The van der Waals surface area contributed by atoms with Gasteiger partial charge in [-0.1, -0.05) is 30.3 Å². The Morgan fingerprint density at radius 1 is 1.30 bits per heavy atom. The molecule has 3 aromatic rings. The SMILES string of the molecule is Cc1c(C(=O)NCc2ccccc2)sc2ncnc(NCC3CCCO3)c12. The first-order chi connectivity index (χ1) is 13.2. The van der Waals surface area contributed by atoms with Crippen molar-refractivity contribution in [3.8, 4) is 0 Å². The third kappa shape index (κ3) is 3.94. The summed E-state index contributed by atoms with van der Waals surface area (Å²) in [5.74, 6) is 0.691. The van der Waals surface area contributed by atoms with Crippen molar-refractivity contribution >= 4 is 33.3 Å². The second-order valence-corrected chi connectivity index (χ2v) is 7.64. The summed E-state index contributed by atoms with van der Waals surface area (Å²) in [6, 6.07) is 9.89. The Labute approximate surface area is 162 Å². The summed E-state index contributed by atoms with van der Waals surface area (Å²) in [5.41, 5.74) is 1.99. The summed E-state index contributed by atoms with van der Waals surface area (Å²) in [4.78, 5) is 23.0. The highest BCUT2D eigenvalue weighted by Crippen LogP contribution is 2.33. The minimum absolute atomic E-state index is 0.0792. The van der Waals surface area contributed by atoms with Crippen LogP contribution < -0.4 is 10.6 Å². The van der Waals surface area contributed by atoms with Crippen LogP contribution in [0, 0.1) is 6.92 Å². The summed E-state index contributed by atoms with van der Waals surface area (Å²) < 4.78 is 5.67. The van der Waals surface area contributed by atoms with Crippen molar-refractivity contribution in [1.29, 1.82) is 0 Å². The molecule has 3 heterocycles. The molecule has 1 aromatic carbocycles. The summed E-state index contributed by atoms with van der Waals surface area (Å²) >= 11 is 1.41. The molecule has 0 bridgehead atoms. The first-order valence-corrected chi connectivity index (χ1v) is 9.95. The lowest BCUT2D eigenvalue weighted by molar-refractivity contribution is 0.0954. The van der Waals surface area contributed by atoms with Crippen LogP contribution in [0.1, 0.15) is 33.6 Å². The maximum Gasteiger partial charge on any atom is 0.261 e. The third-order valence-corrected chi connectivity index (χ3v) is 5.95. The summed E-state index contributed by atoms with van der Waals surface area (Å²) in [5, 5.41) is 7.30. The van der Waals surface area contributed by atoms with Gasteiger partial charge in [-0.15, -0.1) is 11.3 Å². The molecule has 0 spiro atoms. The van der Waals surface area contributed by atoms with Crippen LogP contribution in [0.5, 0.6) is 0 Å². The second-order valence-electron chi connectivity index (χ2n) is 6.64. The van der Waals surface area contributed by atoms with Crippen LogP contribution >= 0.6 is 11.3 Å². The molecule has 2 aromatic heterocycles. The molecule has 1 saturated heterocycles. The number of aryl methyl sites for hydroxylation is 1. The van der Waals surface area contributed by atoms with Gasteiger partial charge in [0.1, 0.15) is 17.0 Å². The van der Waals surface area contributed by atoms with Crippen molar-refractivity contribution in [3.63, 3.8) is 0 Å². The van der Waals surface area contributed by atoms with Crippen molar-refractivity contribution in [2.75, 3.05) is 18.5 Å². The molecule has 7 heteroatoms. The van der Waals surface area contributed by atoms with Crippen LogP contribution in [0.4, 0.5) is 5.82 Å². The molecule has 1 amide bonds. The van der Waals surface area contributed by atoms with Gasteiger partial charge in [-0.05, 0) is 30.9 Å². The Balaban J connectivity index is 1.52. The first kappa shape index (κ1) is 17.9. The van der Waals surface area contributed by atoms with Gasteiger partial charge in [-0.3, -0.25) is 4.79 Å². The molecule has 27 heavy (non-hydrogen) atoms. The zero-order valence-electron chi connectivity index (χ0n) is 15.2. The fourth-order valence-electron chi connectivity index (χ4n) is 3.30. The van der Waals surface area contributed by atoms with E-state index in [1.807, 2.05) is 37.3 Å². The number of fused-ring (bicyclic) bond motifs is 1. The third-order valence-electron chi connectivity index (χ3n) is 4.75. The van der Waals surface area contributed by atoms with E-state index in [1.165, 1.54) is 11.3 Å². The van der Waals surface area contributed by atoms with E-state index in [1.54, 1.807) is 6.33 Å². The van der Waals surface area contributed by atoms with E-state index in [0.717, 1.165) is 53.2 Å². The number of ether oxygens (including phenoxy) is 1. The molecule has 1 aliphatic rings. The van der Waals surface area contributed by atoms with Crippen LogP contribution in [0.25, 0.3) is 10.2 Å². The Morgan fingerprint density at radius 2 is 2.15 bits per heavy atom. The summed E-state index contributed by atoms with van der Waals surface area (Å²) in [7, 11) is 0. The van der Waals surface area contributed by atoms with Gasteiger partial charge < -0.3 is 15.4 Å². The minimum Gasteiger partial charge on any atom is -0.376 e. The van der Waals surface area contributed by atoms with E-state index in [0.29, 0.717) is 11.4 Å². The van der Waals surface area contributed by atoms with E-state index in [2.05, 4.69) is 20.6 Å². The van der Waals surface area contributed by atoms with Gasteiger partial charge in [-0.2, -0.15) is 0 Å². The van der Waals surface area contributed by atoms with Crippen molar-refractivity contribution in [1.82, 2.24) is 15.3 Å². The molecule has 0 radical (unpaired) electrons. The zero-order chi connectivity index (χ0) is 18.6. The Bertz CT molecular complexity index is 936. The Hall–Kier alpha value is -2.51. The number of rotatable bonds is 6. The number of carbonyl (C=O) groups is 1. The average Bonchev–Trinajstić information content (AvgIpc) is 3.34. The Kier molecular flexibility index (Phi) is 5.31. The molecule has 140 valence electrons. The molecule has 6 nitrogen and oxygen atoms in total. The van der Waals surface area contributed by atoms with Crippen LogP contribution in [0.15, 0.2) is 36.7 Å². The van der Waals surface area contributed by atoms with Gasteiger partial charge in [-0.25, -0.2) is 9.97 Å². The highest BCUT2D eigenvalue weighted by Gasteiger charge is 2.20. The van der Waals surface area contributed by atoms with Gasteiger partial charge in [0.25, 0.3) is 5.91 Å². The first-order valence-electron chi connectivity index (χ1n) is 9.14. The lowest BCUT2D eigenvalue weighted by Gasteiger charge is -2.12. The summed E-state index contributed by atoms with van der Waals surface area (Å²) in [6.45, 7) is 4.01. The van der Waals surface area contributed by atoms with Gasteiger partial charge in [0, 0.05) is 19.7 Å². The van der Waals surface area contributed by atoms with Crippen LogP contribution in [0.3, 0.4) is 0 Å². The lowest BCUT2D eigenvalue weighted by atomic mass is 10.2.